The highest BCUT2D eigenvalue weighted by Gasteiger charge is 2.16. The van der Waals surface area contributed by atoms with Gasteiger partial charge in [-0.2, -0.15) is 0 Å². The van der Waals surface area contributed by atoms with Crippen molar-refractivity contribution >= 4 is 15.9 Å². The molecule has 0 aromatic heterocycles. The highest BCUT2D eigenvalue weighted by molar-refractivity contribution is 9.10. The average molecular weight is 326 g/mol. The van der Waals surface area contributed by atoms with Crippen LogP contribution in [0, 0.1) is 11.8 Å². The molecule has 0 saturated carbocycles. The third-order valence-electron chi connectivity index (χ3n) is 3.16. The minimum absolute atomic E-state index is 0.203. The zero-order valence-electron chi connectivity index (χ0n) is 13.0. The average Bonchev–Trinajstić information content (AvgIpc) is 2.27. The summed E-state index contributed by atoms with van der Waals surface area (Å²) < 4.78 is 1.16. The number of benzene rings is 1. The van der Waals surface area contributed by atoms with E-state index >= 15 is 0 Å². The molecule has 1 N–H and O–H groups in total. The minimum atomic E-state index is 0.203. The molecule has 1 aromatic rings. The second-order valence-electron chi connectivity index (χ2n) is 6.96. The van der Waals surface area contributed by atoms with Gasteiger partial charge in [-0.25, -0.2) is 0 Å². The van der Waals surface area contributed by atoms with Crippen molar-refractivity contribution in [3.05, 3.63) is 34.3 Å². The Kier molecular flexibility index (Phi) is 6.55. The Morgan fingerprint density at radius 3 is 2.16 bits per heavy atom. The third-order valence-corrected chi connectivity index (χ3v) is 3.69. The molecular weight excluding hydrogens is 298 g/mol. The van der Waals surface area contributed by atoms with E-state index in [-0.39, 0.29) is 5.54 Å². The molecule has 19 heavy (non-hydrogen) atoms. The van der Waals surface area contributed by atoms with Gasteiger partial charge in [0, 0.05) is 10.0 Å². The Morgan fingerprint density at radius 2 is 1.68 bits per heavy atom. The number of hydrogen-bond acceptors (Lipinski definition) is 1. The SMILES string of the molecule is CC(C)CC(CNC(C)(C)C)Cc1ccc(Br)cc1. The van der Waals surface area contributed by atoms with E-state index in [1.807, 2.05) is 0 Å². The summed E-state index contributed by atoms with van der Waals surface area (Å²) >= 11 is 3.50. The molecule has 2 heteroatoms. The van der Waals surface area contributed by atoms with Gasteiger partial charge in [0.2, 0.25) is 0 Å². The van der Waals surface area contributed by atoms with E-state index in [0.717, 1.165) is 23.4 Å². The van der Waals surface area contributed by atoms with Gasteiger partial charge in [-0.05, 0) is 69.7 Å². The normalized spacial score (nSPS) is 13.8. The van der Waals surface area contributed by atoms with Gasteiger partial charge in [0.25, 0.3) is 0 Å². The summed E-state index contributed by atoms with van der Waals surface area (Å²) in [6.45, 7) is 12.4. The maximum Gasteiger partial charge on any atom is 0.0175 e. The van der Waals surface area contributed by atoms with Gasteiger partial charge in [-0.15, -0.1) is 0 Å². The van der Waals surface area contributed by atoms with Crippen molar-refractivity contribution in [3.8, 4) is 0 Å². The summed E-state index contributed by atoms with van der Waals surface area (Å²) in [5.41, 5.74) is 1.64. The molecule has 0 spiro atoms. The van der Waals surface area contributed by atoms with Crippen LogP contribution in [0.15, 0.2) is 28.7 Å². The van der Waals surface area contributed by atoms with E-state index in [1.54, 1.807) is 0 Å². The fourth-order valence-electron chi connectivity index (χ4n) is 2.31. The van der Waals surface area contributed by atoms with E-state index in [9.17, 15) is 0 Å². The molecule has 0 amide bonds. The first-order chi connectivity index (χ1) is 8.76. The van der Waals surface area contributed by atoms with Crippen molar-refractivity contribution < 1.29 is 0 Å². The van der Waals surface area contributed by atoms with Crippen molar-refractivity contribution in [3.63, 3.8) is 0 Å². The molecule has 108 valence electrons. The molecule has 0 aliphatic heterocycles. The fraction of sp³-hybridized carbons (Fsp3) is 0.647. The second-order valence-corrected chi connectivity index (χ2v) is 7.87. The smallest absolute Gasteiger partial charge is 0.0175 e. The summed E-state index contributed by atoms with van der Waals surface area (Å²) in [6, 6.07) is 8.74. The van der Waals surface area contributed by atoms with Crippen LogP contribution in [-0.4, -0.2) is 12.1 Å². The van der Waals surface area contributed by atoms with Gasteiger partial charge < -0.3 is 5.32 Å². The molecule has 1 rings (SSSR count). The zero-order chi connectivity index (χ0) is 14.5. The Labute approximate surface area is 127 Å². The molecule has 0 aliphatic rings. The van der Waals surface area contributed by atoms with Crippen LogP contribution in [0.3, 0.4) is 0 Å². The van der Waals surface area contributed by atoms with Crippen molar-refractivity contribution in [2.75, 3.05) is 6.54 Å². The first-order valence-corrected chi connectivity index (χ1v) is 8.05. The van der Waals surface area contributed by atoms with Crippen LogP contribution in [0.5, 0.6) is 0 Å². The number of nitrogens with one attached hydrogen (secondary N) is 1. The van der Waals surface area contributed by atoms with Crippen molar-refractivity contribution in [1.82, 2.24) is 5.32 Å². The number of rotatable bonds is 6. The monoisotopic (exact) mass is 325 g/mol. The molecular formula is C17H28BrN. The Bertz CT molecular complexity index is 362. The largest absolute Gasteiger partial charge is 0.312 e. The Hall–Kier alpha value is -0.340. The standard InChI is InChI=1S/C17H28BrN/c1-13(2)10-15(12-19-17(3,4)5)11-14-6-8-16(18)9-7-14/h6-9,13,15,19H,10-12H2,1-5H3. The molecule has 0 fully saturated rings. The zero-order valence-corrected chi connectivity index (χ0v) is 14.5. The fourth-order valence-corrected chi connectivity index (χ4v) is 2.57. The van der Waals surface area contributed by atoms with E-state index in [0.29, 0.717) is 5.92 Å². The molecule has 0 radical (unpaired) electrons. The predicted molar refractivity (Wildman–Crippen MR) is 88.5 cm³/mol. The molecule has 0 aliphatic carbocycles. The van der Waals surface area contributed by atoms with Gasteiger partial charge in [0.1, 0.15) is 0 Å². The first kappa shape index (κ1) is 16.7. The van der Waals surface area contributed by atoms with E-state index < -0.39 is 0 Å². The van der Waals surface area contributed by atoms with E-state index in [1.165, 1.54) is 12.0 Å². The predicted octanol–water partition coefficient (Wildman–Crippen LogP) is 5.04. The second kappa shape index (κ2) is 7.44. The molecule has 0 heterocycles. The molecule has 1 nitrogen and oxygen atoms in total. The van der Waals surface area contributed by atoms with Crippen LogP contribution in [0.4, 0.5) is 0 Å². The Morgan fingerprint density at radius 1 is 1.11 bits per heavy atom. The summed E-state index contributed by atoms with van der Waals surface area (Å²) in [7, 11) is 0. The first-order valence-electron chi connectivity index (χ1n) is 7.26. The van der Waals surface area contributed by atoms with Crippen LogP contribution >= 0.6 is 15.9 Å². The number of halogens is 1. The minimum Gasteiger partial charge on any atom is -0.312 e. The quantitative estimate of drug-likeness (QED) is 0.772. The van der Waals surface area contributed by atoms with Crippen LogP contribution in [0.25, 0.3) is 0 Å². The number of hydrogen-bond donors (Lipinski definition) is 1. The lowest BCUT2D eigenvalue weighted by Gasteiger charge is -2.26. The maximum absolute atomic E-state index is 3.65. The van der Waals surface area contributed by atoms with Gasteiger partial charge in [-0.3, -0.25) is 0 Å². The van der Waals surface area contributed by atoms with Gasteiger partial charge >= 0.3 is 0 Å². The lowest BCUT2D eigenvalue weighted by molar-refractivity contribution is 0.331. The van der Waals surface area contributed by atoms with Crippen molar-refractivity contribution in [2.45, 2.75) is 53.0 Å². The van der Waals surface area contributed by atoms with E-state index in [4.69, 9.17) is 0 Å². The lowest BCUT2D eigenvalue weighted by Crippen LogP contribution is -2.39. The topological polar surface area (TPSA) is 12.0 Å². The van der Waals surface area contributed by atoms with Gasteiger partial charge in [-0.1, -0.05) is 41.9 Å². The highest BCUT2D eigenvalue weighted by Crippen LogP contribution is 2.19. The van der Waals surface area contributed by atoms with Gasteiger partial charge in [0.15, 0.2) is 0 Å². The van der Waals surface area contributed by atoms with Crippen molar-refractivity contribution in [1.29, 1.82) is 0 Å². The van der Waals surface area contributed by atoms with Crippen LogP contribution in [0.1, 0.15) is 46.6 Å². The van der Waals surface area contributed by atoms with Crippen LogP contribution in [-0.2, 0) is 6.42 Å². The van der Waals surface area contributed by atoms with Crippen molar-refractivity contribution in [2.24, 2.45) is 11.8 Å². The molecule has 1 atom stereocenters. The van der Waals surface area contributed by atoms with Crippen LogP contribution in [0.2, 0.25) is 0 Å². The lowest BCUT2D eigenvalue weighted by atomic mass is 9.90. The summed E-state index contributed by atoms with van der Waals surface area (Å²) in [6.07, 6.45) is 2.44. The summed E-state index contributed by atoms with van der Waals surface area (Å²) in [4.78, 5) is 0. The summed E-state index contributed by atoms with van der Waals surface area (Å²) in [5, 5.41) is 3.65. The maximum atomic E-state index is 3.65. The highest BCUT2D eigenvalue weighted by atomic mass is 79.9. The van der Waals surface area contributed by atoms with Crippen LogP contribution < -0.4 is 5.32 Å². The van der Waals surface area contributed by atoms with Gasteiger partial charge in [0.05, 0.1) is 0 Å². The molecule has 1 unspecified atom stereocenters. The Balaban J connectivity index is 2.60. The third kappa shape index (κ3) is 7.74. The molecule has 0 bridgehead atoms. The summed E-state index contributed by atoms with van der Waals surface area (Å²) in [5.74, 6) is 1.46. The molecule has 0 saturated heterocycles. The van der Waals surface area contributed by atoms with E-state index in [2.05, 4.69) is 80.1 Å². The molecule has 1 aromatic carbocycles.